The minimum absolute atomic E-state index is 0.676. The Kier molecular flexibility index (Phi) is 6.57. The Bertz CT molecular complexity index is 366. The monoisotopic (exact) mass is 294 g/mol. The maximum absolute atomic E-state index is 3.57. The van der Waals surface area contributed by atoms with Crippen LogP contribution < -0.4 is 0 Å². The van der Waals surface area contributed by atoms with Crippen molar-refractivity contribution in [2.24, 2.45) is 0 Å². The molecule has 0 nitrogen and oxygen atoms in total. The zero-order valence-electron chi connectivity index (χ0n) is 11.2. The van der Waals surface area contributed by atoms with E-state index in [1.165, 1.54) is 34.9 Å². The molecule has 1 aromatic carbocycles. The Morgan fingerprint density at radius 1 is 1.24 bits per heavy atom. The second kappa shape index (κ2) is 7.71. The first-order valence-electron chi connectivity index (χ1n) is 6.60. The molecule has 0 heterocycles. The molecule has 0 N–H and O–H groups in total. The standard InChI is InChI=1S/C16H23Br/c1-4-6-7-9-14(8-5-2)15-10-11-16(17)13(3)12-15/h6-7,10-12,14H,4-5,8-9H2,1-3H3/b7-6-. The second-order valence-corrected chi connectivity index (χ2v) is 5.46. The molecule has 0 aliphatic rings. The average Bonchev–Trinajstić information content (AvgIpc) is 2.32. The molecule has 0 saturated heterocycles. The van der Waals surface area contributed by atoms with Crippen LogP contribution in [0.1, 0.15) is 56.6 Å². The minimum Gasteiger partial charge on any atom is -0.0888 e. The number of hydrogen-bond donors (Lipinski definition) is 0. The molecule has 0 aromatic heterocycles. The van der Waals surface area contributed by atoms with E-state index in [9.17, 15) is 0 Å². The van der Waals surface area contributed by atoms with Crippen LogP contribution in [0.2, 0.25) is 0 Å². The van der Waals surface area contributed by atoms with Crippen LogP contribution in [0.5, 0.6) is 0 Å². The van der Waals surface area contributed by atoms with Gasteiger partial charge in [0.1, 0.15) is 0 Å². The van der Waals surface area contributed by atoms with Crippen LogP contribution in [0.15, 0.2) is 34.8 Å². The molecule has 17 heavy (non-hydrogen) atoms. The fourth-order valence-corrected chi connectivity index (χ4v) is 2.36. The smallest absolute Gasteiger partial charge is 0.0204 e. The molecule has 0 bridgehead atoms. The highest BCUT2D eigenvalue weighted by Gasteiger charge is 2.09. The van der Waals surface area contributed by atoms with Crippen LogP contribution in [0.25, 0.3) is 0 Å². The van der Waals surface area contributed by atoms with Crippen LogP contribution in [0.3, 0.4) is 0 Å². The number of hydrogen-bond acceptors (Lipinski definition) is 0. The maximum Gasteiger partial charge on any atom is 0.0204 e. The van der Waals surface area contributed by atoms with Gasteiger partial charge in [0.15, 0.2) is 0 Å². The van der Waals surface area contributed by atoms with Crippen LogP contribution >= 0.6 is 15.9 Å². The van der Waals surface area contributed by atoms with Gasteiger partial charge in [-0.3, -0.25) is 0 Å². The van der Waals surface area contributed by atoms with E-state index in [0.29, 0.717) is 5.92 Å². The van der Waals surface area contributed by atoms with Gasteiger partial charge >= 0.3 is 0 Å². The molecule has 1 atom stereocenters. The molecule has 1 aromatic rings. The molecular weight excluding hydrogens is 272 g/mol. The molecule has 0 amide bonds. The normalized spacial score (nSPS) is 13.2. The van der Waals surface area contributed by atoms with Crippen molar-refractivity contribution < 1.29 is 0 Å². The summed E-state index contributed by atoms with van der Waals surface area (Å²) in [4.78, 5) is 0. The van der Waals surface area contributed by atoms with Gasteiger partial charge in [0, 0.05) is 4.47 Å². The third kappa shape index (κ3) is 4.67. The Morgan fingerprint density at radius 2 is 2.00 bits per heavy atom. The maximum atomic E-state index is 3.57. The third-order valence-corrected chi connectivity index (χ3v) is 4.00. The van der Waals surface area contributed by atoms with Gasteiger partial charge in [0.2, 0.25) is 0 Å². The minimum atomic E-state index is 0.676. The van der Waals surface area contributed by atoms with E-state index in [0.717, 1.165) is 6.42 Å². The Labute approximate surface area is 114 Å². The summed E-state index contributed by atoms with van der Waals surface area (Å²) >= 11 is 3.57. The molecule has 0 aliphatic carbocycles. The first-order chi connectivity index (χ1) is 8.19. The van der Waals surface area contributed by atoms with E-state index >= 15 is 0 Å². The lowest BCUT2D eigenvalue weighted by atomic mass is 9.90. The third-order valence-electron chi connectivity index (χ3n) is 3.11. The van der Waals surface area contributed by atoms with Crippen molar-refractivity contribution >= 4 is 15.9 Å². The SMILES string of the molecule is CC/C=C\CC(CCC)c1ccc(Br)c(C)c1. The molecule has 1 rings (SSSR count). The van der Waals surface area contributed by atoms with Crippen molar-refractivity contribution in [2.45, 2.75) is 52.4 Å². The van der Waals surface area contributed by atoms with E-state index in [-0.39, 0.29) is 0 Å². The van der Waals surface area contributed by atoms with Gasteiger partial charge in [-0.15, -0.1) is 0 Å². The van der Waals surface area contributed by atoms with Crippen LogP contribution in [0, 0.1) is 6.92 Å². The Hall–Kier alpha value is -0.560. The Balaban J connectivity index is 2.81. The topological polar surface area (TPSA) is 0 Å². The van der Waals surface area contributed by atoms with Gasteiger partial charge in [-0.05, 0) is 49.3 Å². The summed E-state index contributed by atoms with van der Waals surface area (Å²) in [5.74, 6) is 0.676. The summed E-state index contributed by atoms with van der Waals surface area (Å²) < 4.78 is 1.21. The molecule has 0 aliphatic heterocycles. The van der Waals surface area contributed by atoms with E-state index in [4.69, 9.17) is 0 Å². The first kappa shape index (κ1) is 14.5. The highest BCUT2D eigenvalue weighted by atomic mass is 79.9. The van der Waals surface area contributed by atoms with E-state index in [1.807, 2.05) is 0 Å². The van der Waals surface area contributed by atoms with E-state index in [1.54, 1.807) is 0 Å². The predicted molar refractivity (Wildman–Crippen MR) is 80.6 cm³/mol. The average molecular weight is 295 g/mol. The fourth-order valence-electron chi connectivity index (χ4n) is 2.12. The lowest BCUT2D eigenvalue weighted by Gasteiger charge is -2.16. The van der Waals surface area contributed by atoms with Crippen molar-refractivity contribution in [1.82, 2.24) is 0 Å². The highest BCUT2D eigenvalue weighted by molar-refractivity contribution is 9.10. The van der Waals surface area contributed by atoms with Crippen LogP contribution in [-0.4, -0.2) is 0 Å². The molecular formula is C16H23Br. The number of benzene rings is 1. The van der Waals surface area contributed by atoms with Gasteiger partial charge < -0.3 is 0 Å². The predicted octanol–water partition coefficient (Wildman–Crippen LogP) is 6.00. The lowest BCUT2D eigenvalue weighted by molar-refractivity contribution is 0.619. The summed E-state index contributed by atoms with van der Waals surface area (Å²) in [6.45, 7) is 6.62. The van der Waals surface area contributed by atoms with Crippen LogP contribution in [0.4, 0.5) is 0 Å². The Morgan fingerprint density at radius 3 is 2.59 bits per heavy atom. The summed E-state index contributed by atoms with van der Waals surface area (Å²) in [6.07, 6.45) is 9.43. The van der Waals surface area contributed by atoms with Crippen molar-refractivity contribution in [3.05, 3.63) is 46.0 Å². The molecule has 0 spiro atoms. The molecule has 94 valence electrons. The van der Waals surface area contributed by atoms with Gasteiger partial charge in [-0.2, -0.15) is 0 Å². The van der Waals surface area contributed by atoms with Crippen molar-refractivity contribution in [3.63, 3.8) is 0 Å². The van der Waals surface area contributed by atoms with Gasteiger partial charge in [0.25, 0.3) is 0 Å². The summed E-state index contributed by atoms with van der Waals surface area (Å²) in [7, 11) is 0. The largest absolute Gasteiger partial charge is 0.0888 e. The lowest BCUT2D eigenvalue weighted by Crippen LogP contribution is -1.98. The summed E-state index contributed by atoms with van der Waals surface area (Å²) in [6, 6.07) is 6.76. The zero-order chi connectivity index (χ0) is 12.7. The number of aryl methyl sites for hydroxylation is 1. The van der Waals surface area contributed by atoms with Gasteiger partial charge in [0.05, 0.1) is 0 Å². The molecule has 0 radical (unpaired) electrons. The van der Waals surface area contributed by atoms with Crippen LogP contribution in [-0.2, 0) is 0 Å². The number of halogens is 1. The highest BCUT2D eigenvalue weighted by Crippen LogP contribution is 2.28. The van der Waals surface area contributed by atoms with E-state index in [2.05, 4.69) is 67.1 Å². The van der Waals surface area contributed by atoms with Gasteiger partial charge in [-0.1, -0.05) is 60.5 Å². The fraction of sp³-hybridized carbons (Fsp3) is 0.500. The zero-order valence-corrected chi connectivity index (χ0v) is 12.8. The summed E-state index contributed by atoms with van der Waals surface area (Å²) in [5, 5.41) is 0. The van der Waals surface area contributed by atoms with Crippen molar-refractivity contribution in [1.29, 1.82) is 0 Å². The van der Waals surface area contributed by atoms with Crippen molar-refractivity contribution in [3.8, 4) is 0 Å². The molecule has 0 saturated carbocycles. The quantitative estimate of drug-likeness (QED) is 0.565. The van der Waals surface area contributed by atoms with Gasteiger partial charge in [-0.25, -0.2) is 0 Å². The molecule has 1 heteroatoms. The van der Waals surface area contributed by atoms with Crippen molar-refractivity contribution in [2.75, 3.05) is 0 Å². The second-order valence-electron chi connectivity index (χ2n) is 4.61. The summed E-state index contributed by atoms with van der Waals surface area (Å²) in [5.41, 5.74) is 2.82. The molecule has 1 unspecified atom stereocenters. The number of allylic oxidation sites excluding steroid dienone is 2. The van der Waals surface area contributed by atoms with E-state index < -0.39 is 0 Å². The first-order valence-corrected chi connectivity index (χ1v) is 7.39. The molecule has 0 fully saturated rings. The number of rotatable bonds is 6.